The zero-order valence-electron chi connectivity index (χ0n) is 15.3. The lowest BCUT2D eigenvalue weighted by atomic mass is 10.1. The molecule has 0 aromatic carbocycles. The van der Waals surface area contributed by atoms with E-state index >= 15 is 0 Å². The van der Waals surface area contributed by atoms with Gasteiger partial charge in [-0.25, -0.2) is 4.79 Å². The SMILES string of the molecule is C[C@@H](CNC(=O)N1CCN(CC(C)(C)O)C[C@H]1C)Cn1cccn1. The first-order valence-corrected chi connectivity index (χ1v) is 8.71. The fraction of sp³-hybridized carbons (Fsp3) is 0.765. The van der Waals surface area contributed by atoms with E-state index < -0.39 is 5.60 Å². The van der Waals surface area contributed by atoms with E-state index in [1.54, 1.807) is 6.20 Å². The maximum Gasteiger partial charge on any atom is 0.317 e. The minimum Gasteiger partial charge on any atom is -0.389 e. The zero-order valence-corrected chi connectivity index (χ0v) is 15.3. The van der Waals surface area contributed by atoms with Gasteiger partial charge in [0.1, 0.15) is 0 Å². The van der Waals surface area contributed by atoms with Crippen molar-refractivity contribution in [2.75, 3.05) is 32.7 Å². The smallest absolute Gasteiger partial charge is 0.317 e. The molecule has 1 aliphatic rings. The largest absolute Gasteiger partial charge is 0.389 e. The van der Waals surface area contributed by atoms with Gasteiger partial charge >= 0.3 is 6.03 Å². The minimum absolute atomic E-state index is 0.00211. The molecule has 1 fully saturated rings. The molecule has 7 heteroatoms. The summed E-state index contributed by atoms with van der Waals surface area (Å²) in [6, 6.07) is 2.04. The molecule has 0 spiro atoms. The lowest BCUT2D eigenvalue weighted by Gasteiger charge is -2.41. The molecule has 0 bridgehead atoms. The maximum absolute atomic E-state index is 12.4. The fourth-order valence-electron chi connectivity index (χ4n) is 3.18. The van der Waals surface area contributed by atoms with Crippen LogP contribution in [-0.4, -0.2) is 75.1 Å². The normalized spacial score (nSPS) is 20.9. The Hall–Kier alpha value is -1.60. The predicted molar refractivity (Wildman–Crippen MR) is 93.7 cm³/mol. The molecular weight excluding hydrogens is 306 g/mol. The first-order chi connectivity index (χ1) is 11.2. The standard InChI is InChI=1S/C17H31N5O2/c1-14(11-21-7-5-6-19-21)10-18-16(23)22-9-8-20(12-15(22)2)13-17(3,4)24/h5-7,14-15,24H,8-13H2,1-4H3,(H,18,23)/t14-,15+/m0/s1. The molecule has 0 saturated carbocycles. The summed E-state index contributed by atoms with van der Waals surface area (Å²) in [5, 5.41) is 17.2. The Kier molecular flexibility index (Phi) is 6.23. The van der Waals surface area contributed by atoms with Crippen LogP contribution in [0.4, 0.5) is 4.79 Å². The van der Waals surface area contributed by atoms with Crippen LogP contribution in [0.5, 0.6) is 0 Å². The third-order valence-electron chi connectivity index (χ3n) is 4.24. The van der Waals surface area contributed by atoms with Crippen LogP contribution in [0.2, 0.25) is 0 Å². The number of piperazine rings is 1. The summed E-state index contributed by atoms with van der Waals surface area (Å²) in [5.41, 5.74) is -0.702. The molecule has 2 N–H and O–H groups in total. The van der Waals surface area contributed by atoms with Gasteiger partial charge in [0, 0.05) is 57.7 Å². The molecule has 7 nitrogen and oxygen atoms in total. The molecular formula is C17H31N5O2. The van der Waals surface area contributed by atoms with Crippen LogP contribution < -0.4 is 5.32 Å². The number of aromatic nitrogens is 2. The highest BCUT2D eigenvalue weighted by Gasteiger charge is 2.29. The number of rotatable bonds is 6. The highest BCUT2D eigenvalue weighted by Crippen LogP contribution is 2.13. The van der Waals surface area contributed by atoms with E-state index in [0.717, 1.165) is 19.6 Å². The van der Waals surface area contributed by atoms with Gasteiger partial charge < -0.3 is 15.3 Å². The quantitative estimate of drug-likeness (QED) is 0.812. The maximum atomic E-state index is 12.4. The molecule has 0 unspecified atom stereocenters. The van der Waals surface area contributed by atoms with Crippen LogP contribution in [0, 0.1) is 5.92 Å². The Labute approximate surface area is 144 Å². The van der Waals surface area contributed by atoms with Crippen LogP contribution in [0.15, 0.2) is 18.5 Å². The molecule has 2 amide bonds. The summed E-state index contributed by atoms with van der Waals surface area (Å²) < 4.78 is 1.88. The molecule has 2 rings (SSSR count). The molecule has 0 radical (unpaired) electrons. The molecule has 1 saturated heterocycles. The zero-order chi connectivity index (χ0) is 17.7. The molecule has 136 valence electrons. The highest BCUT2D eigenvalue weighted by molar-refractivity contribution is 5.74. The average molecular weight is 337 g/mol. The van der Waals surface area contributed by atoms with Crippen LogP contribution in [0.1, 0.15) is 27.7 Å². The van der Waals surface area contributed by atoms with Crippen LogP contribution in [-0.2, 0) is 6.54 Å². The van der Waals surface area contributed by atoms with E-state index in [1.807, 2.05) is 35.7 Å². The van der Waals surface area contributed by atoms with E-state index in [0.29, 0.717) is 25.6 Å². The third-order valence-corrected chi connectivity index (χ3v) is 4.24. The number of hydrogen-bond donors (Lipinski definition) is 2. The van der Waals surface area contributed by atoms with Gasteiger partial charge in [0.15, 0.2) is 0 Å². The van der Waals surface area contributed by atoms with Crippen molar-refractivity contribution in [2.45, 2.75) is 45.9 Å². The predicted octanol–water partition coefficient (Wildman–Crippen LogP) is 1.01. The van der Waals surface area contributed by atoms with Crippen LogP contribution >= 0.6 is 0 Å². The number of carbonyl (C=O) groups is 1. The van der Waals surface area contributed by atoms with Crippen molar-refractivity contribution >= 4 is 6.03 Å². The molecule has 1 aromatic heterocycles. The van der Waals surface area contributed by atoms with Crippen molar-refractivity contribution in [2.24, 2.45) is 5.92 Å². The first-order valence-electron chi connectivity index (χ1n) is 8.71. The van der Waals surface area contributed by atoms with E-state index in [4.69, 9.17) is 0 Å². The summed E-state index contributed by atoms with van der Waals surface area (Å²) in [6.45, 7) is 12.1. The fourth-order valence-corrected chi connectivity index (χ4v) is 3.18. The second-order valence-corrected chi connectivity index (χ2v) is 7.61. The van der Waals surface area contributed by atoms with Gasteiger partial charge in [0.2, 0.25) is 0 Å². The molecule has 2 atom stereocenters. The summed E-state index contributed by atoms with van der Waals surface area (Å²) in [7, 11) is 0. The van der Waals surface area contributed by atoms with E-state index in [-0.39, 0.29) is 12.1 Å². The summed E-state index contributed by atoms with van der Waals surface area (Å²) in [6.07, 6.45) is 3.70. The Morgan fingerprint density at radius 1 is 1.46 bits per heavy atom. The van der Waals surface area contributed by atoms with Gasteiger partial charge in [-0.15, -0.1) is 0 Å². The van der Waals surface area contributed by atoms with Crippen molar-refractivity contribution in [3.8, 4) is 0 Å². The summed E-state index contributed by atoms with van der Waals surface area (Å²) in [4.78, 5) is 16.5. The van der Waals surface area contributed by atoms with Crippen molar-refractivity contribution in [3.63, 3.8) is 0 Å². The highest BCUT2D eigenvalue weighted by atomic mass is 16.3. The second-order valence-electron chi connectivity index (χ2n) is 7.61. The Balaban J connectivity index is 1.74. The summed E-state index contributed by atoms with van der Waals surface area (Å²) in [5.74, 6) is 0.320. The Bertz CT molecular complexity index is 512. The van der Waals surface area contributed by atoms with Crippen LogP contribution in [0.3, 0.4) is 0 Å². The van der Waals surface area contributed by atoms with Crippen molar-refractivity contribution in [3.05, 3.63) is 18.5 Å². The lowest BCUT2D eigenvalue weighted by molar-refractivity contribution is 0.0118. The average Bonchev–Trinajstić information content (AvgIpc) is 2.96. The number of urea groups is 1. The van der Waals surface area contributed by atoms with Crippen LogP contribution in [0.25, 0.3) is 0 Å². The van der Waals surface area contributed by atoms with Gasteiger partial charge in [-0.1, -0.05) is 6.92 Å². The molecule has 0 aliphatic carbocycles. The number of nitrogens with zero attached hydrogens (tertiary/aromatic N) is 4. The number of β-amino-alcohol motifs (C(OH)–C–C–N with tert-alkyl or cyclic N) is 1. The summed E-state index contributed by atoms with van der Waals surface area (Å²) >= 11 is 0. The van der Waals surface area contributed by atoms with E-state index in [1.165, 1.54) is 0 Å². The number of amides is 2. The van der Waals surface area contributed by atoms with E-state index in [9.17, 15) is 9.90 Å². The van der Waals surface area contributed by atoms with Gasteiger partial charge in [-0.2, -0.15) is 5.10 Å². The van der Waals surface area contributed by atoms with E-state index in [2.05, 4.69) is 29.2 Å². The molecule has 1 aromatic rings. The van der Waals surface area contributed by atoms with Crippen molar-refractivity contribution < 1.29 is 9.90 Å². The van der Waals surface area contributed by atoms with Crippen molar-refractivity contribution in [1.82, 2.24) is 24.9 Å². The Morgan fingerprint density at radius 2 is 2.21 bits per heavy atom. The number of hydrogen-bond acceptors (Lipinski definition) is 4. The van der Waals surface area contributed by atoms with Gasteiger partial charge in [0.05, 0.1) is 5.60 Å². The van der Waals surface area contributed by atoms with Gasteiger partial charge in [-0.05, 0) is 32.8 Å². The molecule has 1 aliphatic heterocycles. The second kappa shape index (κ2) is 7.98. The van der Waals surface area contributed by atoms with Gasteiger partial charge in [-0.3, -0.25) is 9.58 Å². The minimum atomic E-state index is -0.702. The third kappa shape index (κ3) is 5.79. The molecule has 24 heavy (non-hydrogen) atoms. The number of aliphatic hydroxyl groups is 1. The topological polar surface area (TPSA) is 73.6 Å². The first kappa shape index (κ1) is 18.7. The Morgan fingerprint density at radius 3 is 2.79 bits per heavy atom. The number of nitrogens with one attached hydrogen (secondary N) is 1. The van der Waals surface area contributed by atoms with Crippen molar-refractivity contribution in [1.29, 1.82) is 0 Å². The lowest BCUT2D eigenvalue weighted by Crippen LogP contribution is -2.58. The monoisotopic (exact) mass is 337 g/mol. The molecule has 2 heterocycles. The number of carbonyl (C=O) groups excluding carboxylic acids is 1. The van der Waals surface area contributed by atoms with Gasteiger partial charge in [0.25, 0.3) is 0 Å².